The molecule has 2 N–H and O–H groups in total. The Bertz CT molecular complexity index is 443. The fourth-order valence-electron chi connectivity index (χ4n) is 2.41. The molecular weight excluding hydrogens is 255 g/mol. The number of halogens is 3. The molecule has 3 unspecified atom stereocenters. The molecule has 2 nitrogen and oxygen atoms in total. The van der Waals surface area contributed by atoms with Gasteiger partial charge in [0.2, 0.25) is 0 Å². The lowest BCUT2D eigenvalue weighted by Crippen LogP contribution is -2.61. The monoisotopic (exact) mass is 273 g/mol. The highest BCUT2D eigenvalue weighted by Crippen LogP contribution is 2.45. The van der Waals surface area contributed by atoms with E-state index in [0.717, 1.165) is 25.0 Å². The SMILES string of the molecule is CCC1(C)C(N)CC1Oc1ccc(C(F)(F)F)cc1. The van der Waals surface area contributed by atoms with Crippen LogP contribution in [0.25, 0.3) is 0 Å². The quantitative estimate of drug-likeness (QED) is 0.913. The average Bonchev–Trinajstić information content (AvgIpc) is 2.37. The maximum absolute atomic E-state index is 12.4. The van der Waals surface area contributed by atoms with Crippen molar-refractivity contribution >= 4 is 0 Å². The van der Waals surface area contributed by atoms with Gasteiger partial charge in [-0.25, -0.2) is 0 Å². The van der Waals surface area contributed by atoms with Crippen LogP contribution >= 0.6 is 0 Å². The number of ether oxygens (including phenoxy) is 1. The van der Waals surface area contributed by atoms with Crippen molar-refractivity contribution in [3.63, 3.8) is 0 Å². The molecule has 19 heavy (non-hydrogen) atoms. The molecule has 1 aliphatic carbocycles. The molecule has 1 fully saturated rings. The second kappa shape index (κ2) is 4.71. The first-order chi connectivity index (χ1) is 8.77. The molecule has 106 valence electrons. The molecule has 1 aliphatic rings. The fourth-order valence-corrected chi connectivity index (χ4v) is 2.41. The minimum atomic E-state index is -4.31. The Morgan fingerprint density at radius 2 is 1.89 bits per heavy atom. The normalized spacial score (nSPS) is 30.8. The first kappa shape index (κ1) is 14.2. The number of hydrogen-bond acceptors (Lipinski definition) is 2. The summed E-state index contributed by atoms with van der Waals surface area (Å²) in [6, 6.07) is 4.90. The van der Waals surface area contributed by atoms with E-state index in [0.29, 0.717) is 5.75 Å². The van der Waals surface area contributed by atoms with Gasteiger partial charge in [0.05, 0.1) is 5.56 Å². The predicted octanol–water partition coefficient (Wildman–Crippen LogP) is 3.60. The summed E-state index contributed by atoms with van der Waals surface area (Å²) in [4.78, 5) is 0. The topological polar surface area (TPSA) is 35.2 Å². The molecule has 0 aromatic heterocycles. The molecule has 5 heteroatoms. The van der Waals surface area contributed by atoms with Crippen molar-refractivity contribution in [1.29, 1.82) is 0 Å². The van der Waals surface area contributed by atoms with Crippen LogP contribution in [0.4, 0.5) is 13.2 Å². The van der Waals surface area contributed by atoms with Gasteiger partial charge in [0.15, 0.2) is 0 Å². The molecule has 0 heterocycles. The van der Waals surface area contributed by atoms with Crippen molar-refractivity contribution in [3.05, 3.63) is 29.8 Å². The molecule has 1 aromatic rings. The van der Waals surface area contributed by atoms with E-state index in [-0.39, 0.29) is 17.6 Å². The summed E-state index contributed by atoms with van der Waals surface area (Å²) < 4.78 is 43.0. The summed E-state index contributed by atoms with van der Waals surface area (Å²) in [6.07, 6.45) is -2.70. The van der Waals surface area contributed by atoms with Crippen LogP contribution < -0.4 is 10.5 Å². The van der Waals surface area contributed by atoms with Crippen molar-refractivity contribution in [2.24, 2.45) is 11.1 Å². The smallest absolute Gasteiger partial charge is 0.416 e. The highest BCUT2D eigenvalue weighted by Gasteiger charge is 2.50. The van der Waals surface area contributed by atoms with Crippen LogP contribution in [0.5, 0.6) is 5.75 Å². The van der Waals surface area contributed by atoms with E-state index in [1.165, 1.54) is 12.1 Å². The lowest BCUT2D eigenvalue weighted by Gasteiger charge is -2.51. The Labute approximate surface area is 110 Å². The van der Waals surface area contributed by atoms with E-state index in [9.17, 15) is 13.2 Å². The van der Waals surface area contributed by atoms with Crippen molar-refractivity contribution in [3.8, 4) is 5.75 Å². The maximum atomic E-state index is 12.4. The van der Waals surface area contributed by atoms with E-state index >= 15 is 0 Å². The van der Waals surface area contributed by atoms with Crippen molar-refractivity contribution in [2.75, 3.05) is 0 Å². The second-order valence-electron chi connectivity index (χ2n) is 5.33. The van der Waals surface area contributed by atoms with Gasteiger partial charge >= 0.3 is 6.18 Å². The first-order valence-electron chi connectivity index (χ1n) is 6.37. The van der Waals surface area contributed by atoms with E-state index in [2.05, 4.69) is 6.92 Å². The van der Waals surface area contributed by atoms with Crippen LogP contribution in [0.1, 0.15) is 32.3 Å². The van der Waals surface area contributed by atoms with Crippen LogP contribution in [0, 0.1) is 5.41 Å². The predicted molar refractivity (Wildman–Crippen MR) is 66.9 cm³/mol. The van der Waals surface area contributed by atoms with Crippen molar-refractivity contribution in [2.45, 2.75) is 45.0 Å². The van der Waals surface area contributed by atoms with E-state index < -0.39 is 11.7 Å². The molecule has 0 saturated heterocycles. The molecule has 0 aliphatic heterocycles. The number of hydrogen-bond donors (Lipinski definition) is 1. The third-order valence-corrected chi connectivity index (χ3v) is 4.27. The average molecular weight is 273 g/mol. The molecule has 0 radical (unpaired) electrons. The number of alkyl halides is 3. The highest BCUT2D eigenvalue weighted by atomic mass is 19.4. The zero-order valence-electron chi connectivity index (χ0n) is 11.0. The van der Waals surface area contributed by atoms with Gasteiger partial charge in [-0.2, -0.15) is 13.2 Å². The summed E-state index contributed by atoms with van der Waals surface area (Å²) in [5, 5.41) is 0. The van der Waals surface area contributed by atoms with Crippen LogP contribution in [-0.4, -0.2) is 12.1 Å². The van der Waals surface area contributed by atoms with Gasteiger partial charge in [0.25, 0.3) is 0 Å². The molecule has 1 aromatic carbocycles. The summed E-state index contributed by atoms with van der Waals surface area (Å²) in [6.45, 7) is 4.10. The molecule has 2 rings (SSSR count). The standard InChI is InChI=1S/C14H18F3NO/c1-3-13(2)11(18)8-12(13)19-10-6-4-9(5-7-10)14(15,16)17/h4-7,11-12H,3,8,18H2,1-2H3. The lowest BCUT2D eigenvalue weighted by atomic mass is 9.62. The summed E-state index contributed by atoms with van der Waals surface area (Å²) in [7, 11) is 0. The Hall–Kier alpha value is -1.23. The molecule has 1 saturated carbocycles. The number of rotatable bonds is 3. The molecule has 0 bridgehead atoms. The van der Waals surface area contributed by atoms with E-state index in [4.69, 9.17) is 10.5 Å². The van der Waals surface area contributed by atoms with Gasteiger partial charge in [0.1, 0.15) is 11.9 Å². The van der Waals surface area contributed by atoms with Crippen molar-refractivity contribution in [1.82, 2.24) is 0 Å². The van der Waals surface area contributed by atoms with Crippen LogP contribution in [0.2, 0.25) is 0 Å². The Balaban J connectivity index is 2.05. The third-order valence-electron chi connectivity index (χ3n) is 4.27. The van der Waals surface area contributed by atoms with Gasteiger partial charge in [-0.1, -0.05) is 13.8 Å². The van der Waals surface area contributed by atoms with E-state index in [1.807, 2.05) is 6.92 Å². The zero-order chi connectivity index (χ0) is 14.3. The second-order valence-corrected chi connectivity index (χ2v) is 5.33. The maximum Gasteiger partial charge on any atom is 0.416 e. The summed E-state index contributed by atoms with van der Waals surface area (Å²) >= 11 is 0. The third kappa shape index (κ3) is 2.56. The van der Waals surface area contributed by atoms with Gasteiger partial charge in [-0.05, 0) is 30.7 Å². The lowest BCUT2D eigenvalue weighted by molar-refractivity contribution is -0.137. The molecule has 3 atom stereocenters. The van der Waals surface area contributed by atoms with Crippen LogP contribution in [0.15, 0.2) is 24.3 Å². The van der Waals surface area contributed by atoms with Gasteiger partial charge in [-0.3, -0.25) is 0 Å². The molecular formula is C14H18F3NO. The van der Waals surface area contributed by atoms with Gasteiger partial charge < -0.3 is 10.5 Å². The van der Waals surface area contributed by atoms with Gasteiger partial charge in [-0.15, -0.1) is 0 Å². The van der Waals surface area contributed by atoms with Gasteiger partial charge in [0, 0.05) is 17.9 Å². The number of nitrogens with two attached hydrogens (primary N) is 1. The first-order valence-corrected chi connectivity index (χ1v) is 6.37. The molecule has 0 amide bonds. The Kier molecular flexibility index (Phi) is 3.51. The van der Waals surface area contributed by atoms with E-state index in [1.54, 1.807) is 0 Å². The summed E-state index contributed by atoms with van der Waals surface area (Å²) in [5.41, 5.74) is 5.21. The van der Waals surface area contributed by atoms with Crippen molar-refractivity contribution < 1.29 is 17.9 Å². The minimum Gasteiger partial charge on any atom is -0.490 e. The van der Waals surface area contributed by atoms with Crippen LogP contribution in [-0.2, 0) is 6.18 Å². The minimum absolute atomic E-state index is 0.0239. The highest BCUT2D eigenvalue weighted by molar-refractivity contribution is 5.29. The molecule has 0 spiro atoms. The summed E-state index contributed by atoms with van der Waals surface area (Å²) in [5.74, 6) is 0.463. The number of benzene rings is 1. The Morgan fingerprint density at radius 1 is 1.32 bits per heavy atom. The Morgan fingerprint density at radius 3 is 2.32 bits per heavy atom. The van der Waals surface area contributed by atoms with Crippen LogP contribution in [0.3, 0.4) is 0 Å². The fraction of sp³-hybridized carbons (Fsp3) is 0.571. The zero-order valence-corrected chi connectivity index (χ0v) is 11.0. The largest absolute Gasteiger partial charge is 0.490 e.